The Balaban J connectivity index is 2.15. The van der Waals surface area contributed by atoms with Crippen molar-refractivity contribution >= 4 is 23.4 Å². The molecule has 0 saturated carbocycles. The van der Waals surface area contributed by atoms with Crippen LogP contribution in [0, 0.1) is 11.3 Å². The van der Waals surface area contributed by atoms with Crippen LogP contribution in [0.2, 0.25) is 5.02 Å². The van der Waals surface area contributed by atoms with Gasteiger partial charge in [-0.2, -0.15) is 5.26 Å². The van der Waals surface area contributed by atoms with Gasteiger partial charge in [-0.05, 0) is 23.8 Å². The highest BCUT2D eigenvalue weighted by atomic mass is 35.5. The number of carbonyl (C=O) groups is 1. The summed E-state index contributed by atoms with van der Waals surface area (Å²) in [7, 11) is 0. The standard InChI is InChI=1S/C14H10ClN3O2/c15-12-11(7-16)4-5-17-13(12)18-8-9-2-1-3-10(6-9)14(19)20/h1-6H,8H2,(H,17,18)(H,19,20). The molecular weight excluding hydrogens is 278 g/mol. The van der Waals surface area contributed by atoms with Gasteiger partial charge in [0.15, 0.2) is 0 Å². The Morgan fingerprint density at radius 2 is 2.25 bits per heavy atom. The highest BCUT2D eigenvalue weighted by molar-refractivity contribution is 6.34. The minimum Gasteiger partial charge on any atom is -0.478 e. The number of nitriles is 1. The van der Waals surface area contributed by atoms with Crippen molar-refractivity contribution in [1.29, 1.82) is 5.26 Å². The molecule has 0 atom stereocenters. The number of carboxylic acids is 1. The zero-order valence-electron chi connectivity index (χ0n) is 10.3. The Labute approximate surface area is 120 Å². The van der Waals surface area contributed by atoms with E-state index in [4.69, 9.17) is 22.0 Å². The van der Waals surface area contributed by atoms with Crippen LogP contribution in [0.1, 0.15) is 21.5 Å². The number of anilines is 1. The number of hydrogen-bond acceptors (Lipinski definition) is 4. The molecule has 0 fully saturated rings. The second-order valence-electron chi connectivity index (χ2n) is 3.99. The van der Waals surface area contributed by atoms with Crippen molar-refractivity contribution in [2.24, 2.45) is 0 Å². The summed E-state index contributed by atoms with van der Waals surface area (Å²) in [5.74, 6) is -0.582. The van der Waals surface area contributed by atoms with Gasteiger partial charge in [0.1, 0.15) is 16.9 Å². The third-order valence-electron chi connectivity index (χ3n) is 2.64. The Kier molecular flexibility index (Phi) is 4.18. The summed E-state index contributed by atoms with van der Waals surface area (Å²) in [5.41, 5.74) is 1.34. The Morgan fingerprint density at radius 1 is 1.45 bits per heavy atom. The van der Waals surface area contributed by atoms with Gasteiger partial charge in [-0.1, -0.05) is 23.7 Å². The molecular formula is C14H10ClN3O2. The van der Waals surface area contributed by atoms with Crippen LogP contribution < -0.4 is 5.32 Å². The summed E-state index contributed by atoms with van der Waals surface area (Å²) in [6, 6.07) is 10.0. The number of nitrogens with one attached hydrogen (secondary N) is 1. The summed E-state index contributed by atoms with van der Waals surface area (Å²) in [4.78, 5) is 14.9. The average Bonchev–Trinajstić information content (AvgIpc) is 2.46. The smallest absolute Gasteiger partial charge is 0.335 e. The van der Waals surface area contributed by atoms with Crippen LogP contribution in [0.4, 0.5) is 5.82 Å². The van der Waals surface area contributed by atoms with Crippen LogP contribution in [0.3, 0.4) is 0 Å². The molecule has 0 saturated heterocycles. The van der Waals surface area contributed by atoms with E-state index < -0.39 is 5.97 Å². The lowest BCUT2D eigenvalue weighted by atomic mass is 10.1. The Bertz CT molecular complexity index is 695. The van der Waals surface area contributed by atoms with Gasteiger partial charge < -0.3 is 10.4 Å². The molecule has 0 aliphatic heterocycles. The van der Waals surface area contributed by atoms with Crippen LogP contribution in [0.5, 0.6) is 0 Å². The fraction of sp³-hybridized carbons (Fsp3) is 0.0714. The van der Waals surface area contributed by atoms with Gasteiger partial charge in [-0.3, -0.25) is 0 Å². The van der Waals surface area contributed by atoms with Crippen LogP contribution in [0.25, 0.3) is 0 Å². The fourth-order valence-corrected chi connectivity index (χ4v) is 1.87. The van der Waals surface area contributed by atoms with E-state index in [9.17, 15) is 4.79 Å². The van der Waals surface area contributed by atoms with E-state index in [0.29, 0.717) is 17.9 Å². The number of halogens is 1. The Morgan fingerprint density at radius 3 is 2.95 bits per heavy atom. The molecule has 5 nitrogen and oxygen atoms in total. The van der Waals surface area contributed by atoms with E-state index in [-0.39, 0.29) is 10.6 Å². The number of aromatic nitrogens is 1. The molecule has 0 aliphatic rings. The van der Waals surface area contributed by atoms with Gasteiger partial charge in [0, 0.05) is 12.7 Å². The van der Waals surface area contributed by atoms with E-state index in [0.717, 1.165) is 5.56 Å². The molecule has 2 rings (SSSR count). The number of rotatable bonds is 4. The molecule has 0 spiro atoms. The van der Waals surface area contributed by atoms with Crippen molar-refractivity contribution in [3.8, 4) is 6.07 Å². The van der Waals surface area contributed by atoms with Crippen molar-refractivity contribution in [3.05, 3.63) is 58.2 Å². The molecule has 0 radical (unpaired) electrons. The molecule has 2 N–H and O–H groups in total. The van der Waals surface area contributed by atoms with Gasteiger partial charge in [0.05, 0.1) is 11.1 Å². The number of benzene rings is 1. The zero-order chi connectivity index (χ0) is 14.5. The van der Waals surface area contributed by atoms with Gasteiger partial charge in [-0.15, -0.1) is 0 Å². The number of pyridine rings is 1. The molecule has 0 aliphatic carbocycles. The van der Waals surface area contributed by atoms with E-state index in [1.54, 1.807) is 18.2 Å². The summed E-state index contributed by atoms with van der Waals surface area (Å²) >= 11 is 6.02. The lowest BCUT2D eigenvalue weighted by molar-refractivity contribution is 0.0697. The normalized spacial score (nSPS) is 9.80. The maximum Gasteiger partial charge on any atom is 0.335 e. The molecule has 1 heterocycles. The maximum absolute atomic E-state index is 10.9. The van der Waals surface area contributed by atoms with Gasteiger partial charge in [0.2, 0.25) is 0 Å². The zero-order valence-corrected chi connectivity index (χ0v) is 11.1. The summed E-state index contributed by atoms with van der Waals surface area (Å²) in [6.45, 7) is 0.364. The number of aromatic carboxylic acids is 1. The lowest BCUT2D eigenvalue weighted by Crippen LogP contribution is -2.04. The minimum absolute atomic E-state index is 0.217. The van der Waals surface area contributed by atoms with E-state index in [2.05, 4.69) is 10.3 Å². The molecule has 0 unspecified atom stereocenters. The van der Waals surface area contributed by atoms with Crippen molar-refractivity contribution in [3.63, 3.8) is 0 Å². The number of nitrogens with zero attached hydrogens (tertiary/aromatic N) is 2. The molecule has 2 aromatic rings. The van der Waals surface area contributed by atoms with Crippen molar-refractivity contribution in [1.82, 2.24) is 4.98 Å². The largest absolute Gasteiger partial charge is 0.478 e. The van der Waals surface area contributed by atoms with Crippen molar-refractivity contribution in [2.45, 2.75) is 6.54 Å². The highest BCUT2D eigenvalue weighted by Gasteiger charge is 2.07. The molecule has 0 amide bonds. The molecule has 100 valence electrons. The minimum atomic E-state index is -0.977. The monoisotopic (exact) mass is 287 g/mol. The molecule has 0 bridgehead atoms. The van der Waals surface area contributed by atoms with Crippen LogP contribution in [0.15, 0.2) is 36.5 Å². The first kappa shape index (κ1) is 13.8. The first-order valence-electron chi connectivity index (χ1n) is 5.72. The SMILES string of the molecule is N#Cc1ccnc(NCc2cccc(C(=O)O)c2)c1Cl. The van der Waals surface area contributed by atoms with E-state index >= 15 is 0 Å². The van der Waals surface area contributed by atoms with Gasteiger partial charge in [-0.25, -0.2) is 9.78 Å². The van der Waals surface area contributed by atoms with Crippen molar-refractivity contribution < 1.29 is 9.90 Å². The lowest BCUT2D eigenvalue weighted by Gasteiger charge is -2.08. The fourth-order valence-electron chi connectivity index (χ4n) is 1.65. The second kappa shape index (κ2) is 6.04. The molecule has 1 aromatic heterocycles. The summed E-state index contributed by atoms with van der Waals surface area (Å²) in [5, 5.41) is 21.0. The summed E-state index contributed by atoms with van der Waals surface area (Å²) < 4.78 is 0. The third-order valence-corrected chi connectivity index (χ3v) is 3.03. The maximum atomic E-state index is 10.9. The predicted molar refractivity (Wildman–Crippen MR) is 74.7 cm³/mol. The first-order valence-corrected chi connectivity index (χ1v) is 6.10. The third kappa shape index (κ3) is 3.05. The summed E-state index contributed by atoms with van der Waals surface area (Å²) in [6.07, 6.45) is 1.49. The van der Waals surface area contributed by atoms with E-state index in [1.807, 2.05) is 6.07 Å². The van der Waals surface area contributed by atoms with Crippen LogP contribution >= 0.6 is 11.6 Å². The molecule has 1 aromatic carbocycles. The van der Waals surface area contributed by atoms with Crippen molar-refractivity contribution in [2.75, 3.05) is 5.32 Å². The van der Waals surface area contributed by atoms with Gasteiger partial charge in [0.25, 0.3) is 0 Å². The van der Waals surface area contributed by atoms with Gasteiger partial charge >= 0.3 is 5.97 Å². The van der Waals surface area contributed by atoms with E-state index in [1.165, 1.54) is 18.3 Å². The molecule has 6 heteroatoms. The van der Waals surface area contributed by atoms with Crippen LogP contribution in [-0.4, -0.2) is 16.1 Å². The highest BCUT2D eigenvalue weighted by Crippen LogP contribution is 2.23. The quantitative estimate of drug-likeness (QED) is 0.903. The average molecular weight is 288 g/mol. The molecule has 20 heavy (non-hydrogen) atoms. The number of hydrogen-bond donors (Lipinski definition) is 2. The first-order chi connectivity index (χ1) is 9.61. The predicted octanol–water partition coefficient (Wildman–Crippen LogP) is 2.92. The van der Waals surface area contributed by atoms with Crippen LogP contribution in [-0.2, 0) is 6.54 Å². The second-order valence-corrected chi connectivity index (χ2v) is 4.37. The Hall–Kier alpha value is -2.58. The number of carboxylic acid groups (broad SMARTS) is 1. The topological polar surface area (TPSA) is 86.0 Å².